The number of halogens is 1. The van der Waals surface area contributed by atoms with Gasteiger partial charge in [-0.15, -0.1) is 11.6 Å². The fraction of sp³-hybridized carbons (Fsp3) is 0.500. The second kappa shape index (κ2) is 6.64. The summed E-state index contributed by atoms with van der Waals surface area (Å²) in [4.78, 5) is 12.1. The Morgan fingerprint density at radius 3 is 2.67 bits per heavy atom. The smallest absolute Gasteiger partial charge is 0.255 e. The first-order valence-electron chi connectivity index (χ1n) is 6.06. The maximum Gasteiger partial charge on any atom is 0.255 e. The Labute approximate surface area is 113 Å². The SMILES string of the molecule is CCOc1ccccc1C(=O)NCC(C)(C)CCl. The molecule has 1 rings (SSSR count). The van der Waals surface area contributed by atoms with Crippen LogP contribution < -0.4 is 10.1 Å². The molecule has 0 aliphatic rings. The van der Waals surface area contributed by atoms with Crippen molar-refractivity contribution < 1.29 is 9.53 Å². The number of hydrogen-bond acceptors (Lipinski definition) is 2. The third-order valence-corrected chi connectivity index (χ3v) is 3.24. The Balaban J connectivity index is 2.72. The van der Waals surface area contributed by atoms with Gasteiger partial charge in [0.1, 0.15) is 5.75 Å². The van der Waals surface area contributed by atoms with Gasteiger partial charge in [0.2, 0.25) is 0 Å². The van der Waals surface area contributed by atoms with E-state index >= 15 is 0 Å². The second-order valence-electron chi connectivity index (χ2n) is 4.91. The summed E-state index contributed by atoms with van der Waals surface area (Å²) < 4.78 is 5.43. The van der Waals surface area contributed by atoms with Crippen LogP contribution in [0.4, 0.5) is 0 Å². The highest BCUT2D eigenvalue weighted by Gasteiger charge is 2.19. The molecule has 0 saturated carbocycles. The topological polar surface area (TPSA) is 38.3 Å². The molecular formula is C14H20ClNO2. The lowest BCUT2D eigenvalue weighted by Crippen LogP contribution is -2.35. The molecule has 0 fully saturated rings. The highest BCUT2D eigenvalue weighted by Crippen LogP contribution is 2.19. The average Bonchev–Trinajstić information content (AvgIpc) is 2.37. The number of hydrogen-bond donors (Lipinski definition) is 1. The van der Waals surface area contributed by atoms with Crippen molar-refractivity contribution in [1.82, 2.24) is 5.32 Å². The fourth-order valence-corrected chi connectivity index (χ4v) is 1.49. The van der Waals surface area contributed by atoms with Crippen LogP contribution >= 0.6 is 11.6 Å². The van der Waals surface area contributed by atoms with Crippen LogP contribution in [0.2, 0.25) is 0 Å². The van der Waals surface area contributed by atoms with Crippen LogP contribution in [-0.2, 0) is 0 Å². The fourth-order valence-electron chi connectivity index (χ4n) is 1.40. The first kappa shape index (κ1) is 14.8. The number of carbonyl (C=O) groups excluding carboxylic acids is 1. The highest BCUT2D eigenvalue weighted by molar-refractivity contribution is 6.18. The van der Waals surface area contributed by atoms with Crippen molar-refractivity contribution in [2.24, 2.45) is 5.41 Å². The van der Waals surface area contributed by atoms with Crippen LogP contribution in [0.3, 0.4) is 0 Å². The summed E-state index contributed by atoms with van der Waals surface area (Å²) in [6.45, 7) is 6.99. The van der Waals surface area contributed by atoms with Crippen molar-refractivity contribution in [2.75, 3.05) is 19.0 Å². The molecule has 0 radical (unpaired) electrons. The van der Waals surface area contributed by atoms with Gasteiger partial charge in [-0.1, -0.05) is 26.0 Å². The molecule has 4 heteroatoms. The van der Waals surface area contributed by atoms with Gasteiger partial charge >= 0.3 is 0 Å². The molecule has 0 unspecified atom stereocenters. The number of alkyl halides is 1. The van der Waals surface area contributed by atoms with Crippen LogP contribution in [-0.4, -0.2) is 24.9 Å². The lowest BCUT2D eigenvalue weighted by molar-refractivity contribution is 0.0936. The predicted octanol–water partition coefficient (Wildman–Crippen LogP) is 3.08. The summed E-state index contributed by atoms with van der Waals surface area (Å²) in [5, 5.41) is 2.89. The minimum atomic E-state index is -0.128. The molecule has 0 spiro atoms. The zero-order valence-corrected chi connectivity index (χ0v) is 11.9. The van der Waals surface area contributed by atoms with Crippen LogP contribution in [0.25, 0.3) is 0 Å². The summed E-state index contributed by atoms with van der Waals surface area (Å²) in [5.41, 5.74) is 0.447. The monoisotopic (exact) mass is 269 g/mol. The lowest BCUT2D eigenvalue weighted by Gasteiger charge is -2.22. The summed E-state index contributed by atoms with van der Waals surface area (Å²) in [7, 11) is 0. The van der Waals surface area contributed by atoms with E-state index in [-0.39, 0.29) is 11.3 Å². The van der Waals surface area contributed by atoms with E-state index in [9.17, 15) is 4.79 Å². The van der Waals surface area contributed by atoms with E-state index in [1.807, 2.05) is 32.9 Å². The van der Waals surface area contributed by atoms with Crippen molar-refractivity contribution in [3.05, 3.63) is 29.8 Å². The summed E-state index contributed by atoms with van der Waals surface area (Å²) in [5.74, 6) is 0.985. The van der Waals surface area contributed by atoms with Gasteiger partial charge in [-0.3, -0.25) is 4.79 Å². The van der Waals surface area contributed by atoms with Gasteiger partial charge in [0.15, 0.2) is 0 Å². The maximum absolute atomic E-state index is 12.1. The van der Waals surface area contributed by atoms with Crippen LogP contribution in [0, 0.1) is 5.41 Å². The zero-order chi connectivity index (χ0) is 13.6. The predicted molar refractivity (Wildman–Crippen MR) is 74.4 cm³/mol. The molecule has 0 saturated heterocycles. The summed E-state index contributed by atoms with van der Waals surface area (Å²) >= 11 is 5.83. The third-order valence-electron chi connectivity index (χ3n) is 2.52. The number of ether oxygens (including phenoxy) is 1. The summed E-state index contributed by atoms with van der Waals surface area (Å²) in [6, 6.07) is 7.23. The normalized spacial score (nSPS) is 11.1. The Morgan fingerprint density at radius 1 is 1.39 bits per heavy atom. The second-order valence-corrected chi connectivity index (χ2v) is 5.18. The van der Waals surface area contributed by atoms with Crippen molar-refractivity contribution in [1.29, 1.82) is 0 Å². The average molecular weight is 270 g/mol. The first-order valence-corrected chi connectivity index (χ1v) is 6.59. The molecule has 3 nitrogen and oxygen atoms in total. The third kappa shape index (κ3) is 4.22. The first-order chi connectivity index (χ1) is 8.50. The number of para-hydroxylation sites is 1. The number of rotatable bonds is 6. The molecule has 0 bridgehead atoms. The number of carbonyl (C=O) groups is 1. The molecule has 0 aliphatic carbocycles. The minimum absolute atomic E-state index is 0.113. The van der Waals surface area contributed by atoms with E-state index < -0.39 is 0 Å². The molecule has 1 aromatic carbocycles. The molecule has 0 aliphatic heterocycles. The number of nitrogens with one attached hydrogen (secondary N) is 1. The van der Waals surface area contributed by atoms with Gasteiger partial charge in [0.05, 0.1) is 12.2 Å². The number of amides is 1. The van der Waals surface area contributed by atoms with Crippen molar-refractivity contribution in [3.8, 4) is 5.75 Å². The largest absolute Gasteiger partial charge is 0.493 e. The molecule has 0 atom stereocenters. The molecule has 18 heavy (non-hydrogen) atoms. The van der Waals surface area contributed by atoms with Gasteiger partial charge in [-0.05, 0) is 24.5 Å². The minimum Gasteiger partial charge on any atom is -0.493 e. The summed E-state index contributed by atoms with van der Waals surface area (Å²) in [6.07, 6.45) is 0. The molecule has 1 amide bonds. The van der Waals surface area contributed by atoms with Gasteiger partial charge < -0.3 is 10.1 Å². The Kier molecular flexibility index (Phi) is 5.48. The van der Waals surface area contributed by atoms with Gasteiger partial charge in [0.25, 0.3) is 5.91 Å². The van der Waals surface area contributed by atoms with E-state index in [1.165, 1.54) is 0 Å². The lowest BCUT2D eigenvalue weighted by atomic mass is 9.96. The van der Waals surface area contributed by atoms with Crippen molar-refractivity contribution >= 4 is 17.5 Å². The zero-order valence-electron chi connectivity index (χ0n) is 11.1. The highest BCUT2D eigenvalue weighted by atomic mass is 35.5. The van der Waals surface area contributed by atoms with Crippen LogP contribution in [0.15, 0.2) is 24.3 Å². The quantitative estimate of drug-likeness (QED) is 0.806. The molecule has 0 heterocycles. The van der Waals surface area contributed by atoms with Gasteiger partial charge in [-0.2, -0.15) is 0 Å². The Hall–Kier alpha value is -1.22. The van der Waals surface area contributed by atoms with E-state index in [1.54, 1.807) is 12.1 Å². The molecule has 100 valence electrons. The van der Waals surface area contributed by atoms with Crippen molar-refractivity contribution in [2.45, 2.75) is 20.8 Å². The maximum atomic E-state index is 12.1. The van der Waals surface area contributed by atoms with Crippen molar-refractivity contribution in [3.63, 3.8) is 0 Å². The standard InChI is InChI=1S/C14H20ClNO2/c1-4-18-12-8-6-5-7-11(12)13(17)16-10-14(2,3)9-15/h5-8H,4,9-10H2,1-3H3,(H,16,17). The van der Waals surface area contributed by atoms with E-state index in [0.29, 0.717) is 30.3 Å². The molecular weight excluding hydrogens is 250 g/mol. The van der Waals surface area contributed by atoms with E-state index in [2.05, 4.69) is 5.32 Å². The molecule has 1 N–H and O–H groups in total. The van der Waals surface area contributed by atoms with Gasteiger partial charge in [0, 0.05) is 12.4 Å². The Morgan fingerprint density at radius 2 is 2.06 bits per heavy atom. The van der Waals surface area contributed by atoms with E-state index in [0.717, 1.165) is 0 Å². The Bertz CT molecular complexity index is 405. The van der Waals surface area contributed by atoms with Crippen LogP contribution in [0.1, 0.15) is 31.1 Å². The molecule has 0 aromatic heterocycles. The van der Waals surface area contributed by atoms with Gasteiger partial charge in [-0.25, -0.2) is 0 Å². The molecule has 1 aromatic rings. The van der Waals surface area contributed by atoms with E-state index in [4.69, 9.17) is 16.3 Å². The van der Waals surface area contributed by atoms with Crippen LogP contribution in [0.5, 0.6) is 5.75 Å². The number of benzene rings is 1.